The first kappa shape index (κ1) is 15.6. The average molecular weight is 294 g/mol. The molecule has 5 nitrogen and oxygen atoms in total. The van der Waals surface area contributed by atoms with E-state index < -0.39 is 0 Å². The molecule has 0 spiro atoms. The minimum Gasteiger partial charge on any atom is -0.486 e. The Morgan fingerprint density at radius 3 is 2.57 bits per heavy atom. The van der Waals surface area contributed by atoms with E-state index in [0.717, 1.165) is 6.54 Å². The van der Waals surface area contributed by atoms with E-state index in [1.165, 1.54) is 4.90 Å². The first-order chi connectivity index (χ1) is 9.88. The molecular formula is C16H24NO4+. The van der Waals surface area contributed by atoms with Gasteiger partial charge < -0.3 is 19.1 Å². The maximum absolute atomic E-state index is 12.0. The molecule has 1 N–H and O–H groups in total. The van der Waals surface area contributed by atoms with Crippen molar-refractivity contribution in [1.29, 1.82) is 0 Å². The summed E-state index contributed by atoms with van der Waals surface area (Å²) >= 11 is 0. The van der Waals surface area contributed by atoms with Gasteiger partial charge in [-0.15, -0.1) is 0 Å². The minimum absolute atomic E-state index is 0.142. The van der Waals surface area contributed by atoms with Crippen LogP contribution in [0, 0.1) is 0 Å². The van der Waals surface area contributed by atoms with Crippen molar-refractivity contribution in [1.82, 2.24) is 0 Å². The summed E-state index contributed by atoms with van der Waals surface area (Å²) in [5.74, 6) is 0.955. The van der Waals surface area contributed by atoms with E-state index in [2.05, 4.69) is 27.8 Å². The van der Waals surface area contributed by atoms with E-state index >= 15 is 0 Å². The maximum atomic E-state index is 12.0. The average Bonchev–Trinajstić information content (AvgIpc) is 2.45. The molecule has 5 heteroatoms. The normalized spacial score (nSPS) is 15.4. The van der Waals surface area contributed by atoms with Gasteiger partial charge in [0.25, 0.3) is 0 Å². The van der Waals surface area contributed by atoms with E-state index in [4.69, 9.17) is 14.2 Å². The highest BCUT2D eigenvalue weighted by molar-refractivity contribution is 5.90. The first-order valence-electron chi connectivity index (χ1n) is 7.27. The van der Waals surface area contributed by atoms with E-state index in [1.807, 2.05) is 0 Å². The van der Waals surface area contributed by atoms with Crippen LogP contribution in [0.3, 0.4) is 0 Å². The summed E-state index contributed by atoms with van der Waals surface area (Å²) in [6.07, 6.45) is 0. The third-order valence-electron chi connectivity index (χ3n) is 3.77. The molecule has 0 saturated heterocycles. The van der Waals surface area contributed by atoms with Crippen LogP contribution < -0.4 is 14.4 Å². The highest BCUT2D eigenvalue weighted by Gasteiger charge is 2.21. The van der Waals surface area contributed by atoms with Crippen LogP contribution in [0.1, 0.15) is 31.1 Å². The fraction of sp³-hybridized carbons (Fsp3) is 0.562. The first-order valence-corrected chi connectivity index (χ1v) is 7.27. The molecule has 0 radical (unpaired) electrons. The molecule has 0 amide bonds. The van der Waals surface area contributed by atoms with Crippen LogP contribution in [0.5, 0.6) is 11.5 Å². The predicted octanol–water partition coefficient (Wildman–Crippen LogP) is 0.928. The van der Waals surface area contributed by atoms with Crippen molar-refractivity contribution in [3.8, 4) is 11.5 Å². The molecule has 0 bridgehead atoms. The summed E-state index contributed by atoms with van der Waals surface area (Å²) in [5.41, 5.74) is 0.635. The third kappa shape index (κ3) is 4.11. The SMILES string of the molecule is C[NH+](CCOC(=O)c1ccc2c(c1)OCCO2)C(C)(C)C. The quantitative estimate of drug-likeness (QED) is 0.839. The molecule has 1 aromatic carbocycles. The third-order valence-corrected chi connectivity index (χ3v) is 3.77. The number of hydrogen-bond donors (Lipinski definition) is 1. The molecule has 1 unspecified atom stereocenters. The van der Waals surface area contributed by atoms with Gasteiger partial charge >= 0.3 is 5.97 Å². The van der Waals surface area contributed by atoms with Crippen molar-refractivity contribution >= 4 is 5.97 Å². The Morgan fingerprint density at radius 1 is 1.24 bits per heavy atom. The van der Waals surface area contributed by atoms with Gasteiger partial charge in [-0.1, -0.05) is 0 Å². The lowest BCUT2D eigenvalue weighted by Gasteiger charge is -2.28. The van der Waals surface area contributed by atoms with Gasteiger partial charge in [-0.2, -0.15) is 0 Å². The number of benzene rings is 1. The Morgan fingerprint density at radius 2 is 1.90 bits per heavy atom. The summed E-state index contributed by atoms with van der Waals surface area (Å²) < 4.78 is 16.2. The van der Waals surface area contributed by atoms with Gasteiger partial charge in [-0.25, -0.2) is 4.79 Å². The Hall–Kier alpha value is -1.75. The van der Waals surface area contributed by atoms with E-state index in [1.54, 1.807) is 18.2 Å². The topological polar surface area (TPSA) is 49.2 Å². The van der Waals surface area contributed by atoms with Gasteiger partial charge in [0, 0.05) is 0 Å². The molecular weight excluding hydrogens is 270 g/mol. The summed E-state index contributed by atoms with van der Waals surface area (Å²) in [5, 5.41) is 0. The number of rotatable bonds is 4. The number of hydrogen-bond acceptors (Lipinski definition) is 4. The molecule has 1 aliphatic heterocycles. The van der Waals surface area contributed by atoms with Crippen LogP contribution in [0.25, 0.3) is 0 Å². The molecule has 1 aromatic rings. The molecule has 1 aliphatic rings. The number of likely N-dealkylation sites (N-methyl/N-ethyl adjacent to an activating group) is 1. The lowest BCUT2D eigenvalue weighted by atomic mass is 10.1. The predicted molar refractivity (Wildman–Crippen MR) is 79.2 cm³/mol. The number of esters is 1. The fourth-order valence-corrected chi connectivity index (χ4v) is 1.93. The van der Waals surface area contributed by atoms with Crippen LogP contribution in [-0.2, 0) is 4.74 Å². The molecule has 21 heavy (non-hydrogen) atoms. The highest BCUT2D eigenvalue weighted by atomic mass is 16.6. The second kappa shape index (κ2) is 6.35. The number of ether oxygens (including phenoxy) is 3. The second-order valence-electron chi connectivity index (χ2n) is 6.27. The lowest BCUT2D eigenvalue weighted by Crippen LogP contribution is -3.16. The fourth-order valence-electron chi connectivity index (χ4n) is 1.93. The molecule has 1 heterocycles. The molecule has 1 atom stereocenters. The number of nitrogens with one attached hydrogen (secondary N) is 1. The number of carbonyl (C=O) groups is 1. The van der Waals surface area contributed by atoms with Gasteiger partial charge in [0.05, 0.1) is 18.2 Å². The van der Waals surface area contributed by atoms with Gasteiger partial charge in [0.2, 0.25) is 0 Å². The zero-order valence-electron chi connectivity index (χ0n) is 13.2. The minimum atomic E-state index is -0.325. The number of fused-ring (bicyclic) bond motifs is 1. The molecule has 0 fully saturated rings. The van der Waals surface area contributed by atoms with Crippen molar-refractivity contribution in [2.75, 3.05) is 33.4 Å². The van der Waals surface area contributed by atoms with E-state index in [9.17, 15) is 4.79 Å². The summed E-state index contributed by atoms with van der Waals surface area (Å²) in [7, 11) is 2.10. The molecule has 0 saturated carbocycles. The zero-order chi connectivity index (χ0) is 15.5. The standard InChI is InChI=1S/C16H23NO4/c1-16(2,3)17(4)7-8-21-15(18)12-5-6-13-14(11-12)20-10-9-19-13/h5-6,11H,7-10H2,1-4H3/p+1. The van der Waals surface area contributed by atoms with Gasteiger partial charge in [-0.3, -0.25) is 0 Å². The van der Waals surface area contributed by atoms with Crippen LogP contribution >= 0.6 is 0 Å². The summed E-state index contributed by atoms with van der Waals surface area (Å²) in [4.78, 5) is 13.4. The molecule has 2 rings (SSSR count). The number of quaternary nitrogens is 1. The molecule has 0 aliphatic carbocycles. The Bertz CT molecular complexity index is 507. The second-order valence-corrected chi connectivity index (χ2v) is 6.27. The monoisotopic (exact) mass is 294 g/mol. The smallest absolute Gasteiger partial charge is 0.338 e. The molecule has 0 aromatic heterocycles. The van der Waals surface area contributed by atoms with Crippen molar-refractivity contribution in [2.45, 2.75) is 26.3 Å². The largest absolute Gasteiger partial charge is 0.486 e. The van der Waals surface area contributed by atoms with Crippen molar-refractivity contribution in [3.05, 3.63) is 23.8 Å². The van der Waals surface area contributed by atoms with Gasteiger partial charge in [-0.05, 0) is 39.0 Å². The van der Waals surface area contributed by atoms with Gasteiger partial charge in [0.15, 0.2) is 11.5 Å². The van der Waals surface area contributed by atoms with Gasteiger partial charge in [0.1, 0.15) is 26.4 Å². The lowest BCUT2D eigenvalue weighted by molar-refractivity contribution is -0.927. The summed E-state index contributed by atoms with van der Waals surface area (Å²) in [6, 6.07) is 5.13. The van der Waals surface area contributed by atoms with Crippen molar-refractivity contribution in [3.63, 3.8) is 0 Å². The van der Waals surface area contributed by atoms with Crippen LogP contribution in [0.4, 0.5) is 0 Å². The summed E-state index contributed by atoms with van der Waals surface area (Å²) in [6.45, 7) is 8.70. The van der Waals surface area contributed by atoms with E-state index in [-0.39, 0.29) is 11.5 Å². The Kier molecular flexibility index (Phi) is 4.73. The number of carbonyl (C=O) groups excluding carboxylic acids is 1. The Labute approximate surface area is 125 Å². The van der Waals surface area contributed by atoms with Crippen LogP contribution in [0.15, 0.2) is 18.2 Å². The van der Waals surface area contributed by atoms with Crippen LogP contribution in [-0.4, -0.2) is 44.9 Å². The van der Waals surface area contributed by atoms with Crippen molar-refractivity contribution < 1.29 is 23.9 Å². The van der Waals surface area contributed by atoms with E-state index in [0.29, 0.717) is 36.9 Å². The zero-order valence-corrected chi connectivity index (χ0v) is 13.2. The van der Waals surface area contributed by atoms with Crippen LogP contribution in [0.2, 0.25) is 0 Å². The van der Waals surface area contributed by atoms with Crippen molar-refractivity contribution in [2.24, 2.45) is 0 Å². The molecule has 116 valence electrons. The highest BCUT2D eigenvalue weighted by Crippen LogP contribution is 2.30. The Balaban J connectivity index is 1.89. The maximum Gasteiger partial charge on any atom is 0.338 e.